The van der Waals surface area contributed by atoms with Crippen molar-refractivity contribution in [2.75, 3.05) is 13.7 Å². The van der Waals surface area contributed by atoms with E-state index in [1.807, 2.05) is 6.92 Å². The molecule has 0 radical (unpaired) electrons. The maximum Gasteiger partial charge on any atom is 0.247 e. The summed E-state index contributed by atoms with van der Waals surface area (Å²) in [5.74, 6) is 0.932. The molecule has 1 saturated heterocycles. The first kappa shape index (κ1) is 16.3. The molecule has 0 saturated carbocycles. The van der Waals surface area contributed by atoms with Gasteiger partial charge in [-0.2, -0.15) is 4.31 Å². The van der Waals surface area contributed by atoms with Crippen LogP contribution in [0.25, 0.3) is 0 Å². The largest absolute Gasteiger partial charge is 0.495 e. The lowest BCUT2D eigenvalue weighted by Crippen LogP contribution is -2.44. The van der Waals surface area contributed by atoms with Gasteiger partial charge in [0.05, 0.1) is 7.11 Å². The first-order chi connectivity index (χ1) is 9.90. The zero-order chi connectivity index (χ0) is 15.6. The maximum absolute atomic E-state index is 13.0. The van der Waals surface area contributed by atoms with E-state index in [2.05, 4.69) is 6.92 Å². The van der Waals surface area contributed by atoms with E-state index >= 15 is 0 Å². The highest BCUT2D eigenvalue weighted by Gasteiger charge is 2.35. The number of methoxy groups -OCH3 is 1. The zero-order valence-electron chi connectivity index (χ0n) is 12.9. The van der Waals surface area contributed by atoms with Crippen LogP contribution in [0.2, 0.25) is 0 Å². The van der Waals surface area contributed by atoms with Crippen LogP contribution in [0.1, 0.15) is 32.3 Å². The van der Waals surface area contributed by atoms with Crippen molar-refractivity contribution in [1.82, 2.24) is 4.31 Å². The molecule has 1 aromatic rings. The van der Waals surface area contributed by atoms with Gasteiger partial charge in [-0.15, -0.1) is 0 Å². The highest BCUT2D eigenvalue weighted by Crippen LogP contribution is 2.32. The molecule has 118 valence electrons. The zero-order valence-corrected chi connectivity index (χ0v) is 13.7. The minimum Gasteiger partial charge on any atom is -0.495 e. The van der Waals surface area contributed by atoms with Gasteiger partial charge >= 0.3 is 0 Å². The van der Waals surface area contributed by atoms with Crippen molar-refractivity contribution in [1.29, 1.82) is 0 Å². The third-order valence-corrected chi connectivity index (χ3v) is 6.16. The van der Waals surface area contributed by atoms with Crippen LogP contribution in [-0.4, -0.2) is 32.4 Å². The minimum absolute atomic E-state index is 0.00462. The van der Waals surface area contributed by atoms with Gasteiger partial charge in [0, 0.05) is 19.1 Å². The van der Waals surface area contributed by atoms with E-state index in [4.69, 9.17) is 10.5 Å². The molecule has 1 aliphatic heterocycles. The number of nitrogens with zero attached hydrogens (tertiary/aromatic N) is 1. The van der Waals surface area contributed by atoms with Gasteiger partial charge in [0.2, 0.25) is 10.0 Å². The Hall–Kier alpha value is -1.11. The predicted molar refractivity (Wildman–Crippen MR) is 82.6 cm³/mol. The van der Waals surface area contributed by atoms with Gasteiger partial charge in [-0.05, 0) is 43.4 Å². The van der Waals surface area contributed by atoms with Crippen molar-refractivity contribution in [2.45, 2.75) is 44.2 Å². The van der Waals surface area contributed by atoms with E-state index in [-0.39, 0.29) is 10.9 Å². The van der Waals surface area contributed by atoms with Crippen LogP contribution < -0.4 is 10.5 Å². The second-order valence-electron chi connectivity index (χ2n) is 5.78. The van der Waals surface area contributed by atoms with Crippen LogP contribution in [0.4, 0.5) is 0 Å². The van der Waals surface area contributed by atoms with Crippen LogP contribution >= 0.6 is 0 Å². The summed E-state index contributed by atoms with van der Waals surface area (Å²) < 4.78 is 32.7. The number of piperidine rings is 1. The molecule has 0 aliphatic carbocycles. The average molecular weight is 312 g/mol. The normalized spacial score (nSPS) is 24.0. The lowest BCUT2D eigenvalue weighted by atomic mass is 9.95. The Morgan fingerprint density at radius 3 is 2.67 bits per heavy atom. The molecule has 2 rings (SSSR count). The molecule has 1 fully saturated rings. The van der Waals surface area contributed by atoms with Crippen LogP contribution in [-0.2, 0) is 16.6 Å². The van der Waals surface area contributed by atoms with Gasteiger partial charge in [0.1, 0.15) is 10.6 Å². The van der Waals surface area contributed by atoms with Crippen LogP contribution in [0.3, 0.4) is 0 Å². The molecule has 1 aromatic carbocycles. The molecule has 6 heteroatoms. The summed E-state index contributed by atoms with van der Waals surface area (Å²) in [6.07, 6.45) is 1.78. The number of hydrogen-bond acceptors (Lipinski definition) is 4. The van der Waals surface area contributed by atoms with E-state index in [0.29, 0.717) is 24.8 Å². The van der Waals surface area contributed by atoms with Gasteiger partial charge < -0.3 is 10.5 Å². The average Bonchev–Trinajstić information content (AvgIpc) is 2.46. The quantitative estimate of drug-likeness (QED) is 0.922. The van der Waals surface area contributed by atoms with Crippen LogP contribution in [0.5, 0.6) is 5.75 Å². The summed E-state index contributed by atoms with van der Waals surface area (Å²) in [7, 11) is -2.07. The summed E-state index contributed by atoms with van der Waals surface area (Å²) >= 11 is 0. The summed E-state index contributed by atoms with van der Waals surface area (Å²) in [4.78, 5) is 0.217. The second kappa shape index (κ2) is 6.34. The molecule has 21 heavy (non-hydrogen) atoms. The second-order valence-corrected chi connectivity index (χ2v) is 7.64. The number of benzene rings is 1. The smallest absolute Gasteiger partial charge is 0.247 e. The Morgan fingerprint density at radius 1 is 1.38 bits per heavy atom. The molecule has 1 aliphatic rings. The summed E-state index contributed by atoms with van der Waals surface area (Å²) in [5.41, 5.74) is 6.41. The summed E-state index contributed by atoms with van der Waals surface area (Å²) in [6, 6.07) is 5.09. The van der Waals surface area contributed by atoms with Crippen molar-refractivity contribution in [3.63, 3.8) is 0 Å². The van der Waals surface area contributed by atoms with Crippen molar-refractivity contribution < 1.29 is 13.2 Å². The highest BCUT2D eigenvalue weighted by molar-refractivity contribution is 7.89. The first-order valence-electron chi connectivity index (χ1n) is 7.29. The lowest BCUT2D eigenvalue weighted by molar-refractivity contribution is 0.219. The molecule has 0 aromatic heterocycles. The van der Waals surface area contributed by atoms with E-state index < -0.39 is 10.0 Å². The Labute approximate surface area is 127 Å². The summed E-state index contributed by atoms with van der Waals surface area (Å²) in [5, 5.41) is 0. The van der Waals surface area contributed by atoms with E-state index in [0.717, 1.165) is 18.4 Å². The van der Waals surface area contributed by atoms with Gasteiger partial charge in [-0.25, -0.2) is 8.42 Å². The fraction of sp³-hybridized carbons (Fsp3) is 0.600. The van der Waals surface area contributed by atoms with Crippen LogP contribution in [0.15, 0.2) is 23.1 Å². The molecule has 2 N–H and O–H groups in total. The lowest BCUT2D eigenvalue weighted by Gasteiger charge is -2.35. The molecule has 1 heterocycles. The molecule has 2 atom stereocenters. The van der Waals surface area contributed by atoms with Crippen LogP contribution in [0, 0.1) is 5.92 Å². The van der Waals surface area contributed by atoms with Gasteiger partial charge in [0.15, 0.2) is 0 Å². The topological polar surface area (TPSA) is 72.6 Å². The Balaban J connectivity index is 2.43. The number of ether oxygens (including phenoxy) is 1. The Kier molecular flexibility index (Phi) is 4.91. The van der Waals surface area contributed by atoms with Crippen molar-refractivity contribution in [3.8, 4) is 5.75 Å². The number of nitrogens with two attached hydrogens (primary N) is 1. The molecule has 0 spiro atoms. The van der Waals surface area contributed by atoms with E-state index in [9.17, 15) is 8.42 Å². The standard InChI is InChI=1S/C15H24N2O3S/c1-11-6-7-17(12(2)8-11)21(18,19)15-9-13(10-16)4-5-14(15)20-3/h4-5,9,11-12H,6-8,10,16H2,1-3H3. The first-order valence-corrected chi connectivity index (χ1v) is 8.73. The van der Waals surface area contributed by atoms with E-state index in [1.165, 1.54) is 7.11 Å². The number of sulfonamides is 1. The van der Waals surface area contributed by atoms with Gasteiger partial charge in [0.25, 0.3) is 0 Å². The molecular weight excluding hydrogens is 288 g/mol. The summed E-state index contributed by atoms with van der Waals surface area (Å²) in [6.45, 7) is 4.99. The molecule has 5 nitrogen and oxygen atoms in total. The van der Waals surface area contributed by atoms with E-state index in [1.54, 1.807) is 22.5 Å². The fourth-order valence-corrected chi connectivity index (χ4v) is 4.78. The predicted octanol–water partition coefficient (Wildman–Crippen LogP) is 1.96. The van der Waals surface area contributed by atoms with Gasteiger partial charge in [-0.3, -0.25) is 0 Å². The van der Waals surface area contributed by atoms with Crippen molar-refractivity contribution in [3.05, 3.63) is 23.8 Å². The highest BCUT2D eigenvalue weighted by atomic mass is 32.2. The van der Waals surface area contributed by atoms with Crippen molar-refractivity contribution >= 4 is 10.0 Å². The van der Waals surface area contributed by atoms with Gasteiger partial charge in [-0.1, -0.05) is 13.0 Å². The van der Waals surface area contributed by atoms with Crippen molar-refractivity contribution in [2.24, 2.45) is 11.7 Å². The molecule has 0 amide bonds. The number of rotatable bonds is 4. The third kappa shape index (κ3) is 3.22. The molecule has 0 bridgehead atoms. The Morgan fingerprint density at radius 2 is 2.10 bits per heavy atom. The minimum atomic E-state index is -3.56. The SMILES string of the molecule is COc1ccc(CN)cc1S(=O)(=O)N1CCC(C)CC1C. The number of hydrogen-bond donors (Lipinski definition) is 1. The molecule has 2 unspecified atom stereocenters. The fourth-order valence-electron chi connectivity index (χ4n) is 2.92. The molecular formula is C15H24N2O3S. The Bertz CT molecular complexity index is 601. The third-order valence-electron chi connectivity index (χ3n) is 4.13. The monoisotopic (exact) mass is 312 g/mol. The maximum atomic E-state index is 13.0.